The molecule has 21 heavy (non-hydrogen) atoms. The lowest BCUT2D eigenvalue weighted by molar-refractivity contribution is 0.240. The Hall–Kier alpha value is -1.91. The average molecular weight is 288 g/mol. The van der Waals surface area contributed by atoms with Crippen LogP contribution in [-0.4, -0.2) is 31.8 Å². The van der Waals surface area contributed by atoms with Crippen LogP contribution in [0.1, 0.15) is 29.5 Å². The highest BCUT2D eigenvalue weighted by Crippen LogP contribution is 2.40. The lowest BCUT2D eigenvalue weighted by Crippen LogP contribution is -2.37. The molecule has 2 N–H and O–H groups in total. The number of benzene rings is 1. The summed E-state index contributed by atoms with van der Waals surface area (Å²) in [6, 6.07) is 2.47. The zero-order valence-electron chi connectivity index (χ0n) is 12.0. The maximum Gasteiger partial charge on any atom is 0.315 e. The van der Waals surface area contributed by atoms with Crippen molar-refractivity contribution >= 4 is 6.03 Å². The van der Waals surface area contributed by atoms with Gasteiger partial charge in [0.15, 0.2) is 0 Å². The average Bonchev–Trinajstić information content (AvgIpc) is 2.99. The molecule has 1 aromatic carbocycles. The summed E-state index contributed by atoms with van der Waals surface area (Å²) in [6.45, 7) is 2.13. The minimum absolute atomic E-state index is 0.0566. The zero-order valence-corrected chi connectivity index (χ0v) is 12.0. The molecule has 1 aromatic rings. The fourth-order valence-electron chi connectivity index (χ4n) is 3.11. The van der Waals surface area contributed by atoms with Gasteiger partial charge in [-0.2, -0.15) is 0 Å². The van der Waals surface area contributed by atoms with Gasteiger partial charge in [-0.15, -0.1) is 0 Å². The molecule has 1 saturated carbocycles. The van der Waals surface area contributed by atoms with Crippen LogP contribution in [0.5, 0.6) is 11.5 Å². The Balaban J connectivity index is 1.45. The van der Waals surface area contributed by atoms with Crippen LogP contribution in [0, 0.1) is 0 Å². The number of rotatable bonds is 4. The number of urea groups is 1. The Labute approximate surface area is 124 Å². The van der Waals surface area contributed by atoms with E-state index in [2.05, 4.69) is 16.7 Å². The lowest BCUT2D eigenvalue weighted by atomic mass is 9.97. The van der Waals surface area contributed by atoms with Crippen molar-refractivity contribution < 1.29 is 14.3 Å². The number of carbonyl (C=O) groups is 1. The molecule has 0 unspecified atom stereocenters. The summed E-state index contributed by atoms with van der Waals surface area (Å²) >= 11 is 0. The number of amides is 2. The predicted octanol–water partition coefficient (Wildman–Crippen LogP) is 1.56. The van der Waals surface area contributed by atoms with Gasteiger partial charge in [-0.3, -0.25) is 0 Å². The van der Waals surface area contributed by atoms with Crippen LogP contribution in [0.25, 0.3) is 0 Å². The van der Waals surface area contributed by atoms with Gasteiger partial charge in [-0.25, -0.2) is 4.79 Å². The van der Waals surface area contributed by atoms with E-state index in [0.717, 1.165) is 56.8 Å². The fraction of sp³-hybridized carbons (Fsp3) is 0.562. The maximum absolute atomic E-state index is 11.7. The fourth-order valence-corrected chi connectivity index (χ4v) is 3.11. The molecule has 0 radical (unpaired) electrons. The molecule has 0 aromatic heterocycles. The smallest absolute Gasteiger partial charge is 0.315 e. The molecule has 0 spiro atoms. The molecule has 2 aliphatic heterocycles. The molecule has 1 aliphatic carbocycles. The highest BCUT2D eigenvalue weighted by Gasteiger charge is 2.26. The van der Waals surface area contributed by atoms with Crippen molar-refractivity contribution in [2.75, 3.05) is 19.8 Å². The van der Waals surface area contributed by atoms with Gasteiger partial charge in [-0.05, 0) is 25.3 Å². The number of hydrogen-bond acceptors (Lipinski definition) is 3. The summed E-state index contributed by atoms with van der Waals surface area (Å²) in [5.74, 6) is 2.04. The molecule has 2 amide bonds. The Morgan fingerprint density at radius 1 is 1.24 bits per heavy atom. The van der Waals surface area contributed by atoms with Gasteiger partial charge in [0.2, 0.25) is 0 Å². The number of hydrogen-bond donors (Lipinski definition) is 2. The molecular formula is C16H20N2O3. The second kappa shape index (κ2) is 5.13. The van der Waals surface area contributed by atoms with Crippen LogP contribution in [0.2, 0.25) is 0 Å². The minimum atomic E-state index is -0.0566. The van der Waals surface area contributed by atoms with Crippen LogP contribution in [0.4, 0.5) is 4.79 Å². The van der Waals surface area contributed by atoms with Crippen LogP contribution in [-0.2, 0) is 19.3 Å². The molecular weight excluding hydrogens is 268 g/mol. The first-order valence-electron chi connectivity index (χ1n) is 7.79. The van der Waals surface area contributed by atoms with E-state index in [-0.39, 0.29) is 6.03 Å². The Kier molecular flexibility index (Phi) is 3.13. The quantitative estimate of drug-likeness (QED) is 0.884. The van der Waals surface area contributed by atoms with Gasteiger partial charge in [0.1, 0.15) is 11.5 Å². The first-order chi connectivity index (χ1) is 10.3. The van der Waals surface area contributed by atoms with Crippen molar-refractivity contribution in [3.63, 3.8) is 0 Å². The van der Waals surface area contributed by atoms with Crippen LogP contribution in [0.3, 0.4) is 0 Å². The Morgan fingerprint density at radius 2 is 2.10 bits per heavy atom. The van der Waals surface area contributed by atoms with E-state index in [1.54, 1.807) is 0 Å². The molecule has 5 nitrogen and oxygen atoms in total. The van der Waals surface area contributed by atoms with E-state index in [1.807, 2.05) is 0 Å². The second-order valence-electron chi connectivity index (χ2n) is 5.94. The van der Waals surface area contributed by atoms with Gasteiger partial charge in [0.25, 0.3) is 0 Å². The molecule has 5 heteroatoms. The number of carbonyl (C=O) groups excluding carboxylic acids is 1. The number of nitrogens with one attached hydrogen (secondary N) is 2. The van der Waals surface area contributed by atoms with E-state index < -0.39 is 0 Å². The largest absolute Gasteiger partial charge is 0.493 e. The van der Waals surface area contributed by atoms with Gasteiger partial charge in [0.05, 0.1) is 13.2 Å². The molecule has 3 aliphatic rings. The first kappa shape index (κ1) is 12.8. The monoisotopic (exact) mass is 288 g/mol. The van der Waals surface area contributed by atoms with Crippen molar-refractivity contribution in [2.45, 2.75) is 38.1 Å². The van der Waals surface area contributed by atoms with Gasteiger partial charge in [0, 0.05) is 42.1 Å². The van der Waals surface area contributed by atoms with E-state index in [9.17, 15) is 4.79 Å². The van der Waals surface area contributed by atoms with E-state index in [0.29, 0.717) is 12.6 Å². The Morgan fingerprint density at radius 3 is 2.95 bits per heavy atom. The third-order valence-corrected chi connectivity index (χ3v) is 4.33. The van der Waals surface area contributed by atoms with Crippen molar-refractivity contribution in [1.29, 1.82) is 0 Å². The van der Waals surface area contributed by atoms with Gasteiger partial charge in [-0.1, -0.05) is 0 Å². The molecule has 1 fully saturated rings. The van der Waals surface area contributed by atoms with Crippen molar-refractivity contribution in [2.24, 2.45) is 0 Å². The lowest BCUT2D eigenvalue weighted by Gasteiger charge is -2.13. The van der Waals surface area contributed by atoms with Gasteiger partial charge >= 0.3 is 6.03 Å². The number of fused-ring (bicyclic) bond motifs is 2. The SMILES string of the molecule is O=C(NCCc1c2c(cc3c1OCC3)OCC2)NC1CC1. The maximum atomic E-state index is 11.7. The normalized spacial score (nSPS) is 18.5. The molecule has 4 rings (SSSR count). The second-order valence-corrected chi connectivity index (χ2v) is 5.94. The standard InChI is InChI=1S/C16H20N2O3/c19-16(18-11-1-2-11)17-6-3-13-12-5-8-20-14(12)9-10-4-7-21-15(10)13/h9,11H,1-8H2,(H2,17,18,19). The van der Waals surface area contributed by atoms with Crippen molar-refractivity contribution in [3.05, 3.63) is 22.8 Å². The first-order valence-corrected chi connectivity index (χ1v) is 7.79. The van der Waals surface area contributed by atoms with Crippen molar-refractivity contribution in [1.82, 2.24) is 10.6 Å². The van der Waals surface area contributed by atoms with Crippen LogP contribution in [0.15, 0.2) is 6.07 Å². The summed E-state index contributed by atoms with van der Waals surface area (Å²) < 4.78 is 11.5. The molecule has 0 bridgehead atoms. The molecule has 2 heterocycles. The van der Waals surface area contributed by atoms with Crippen LogP contribution >= 0.6 is 0 Å². The summed E-state index contributed by atoms with van der Waals surface area (Å²) in [5.41, 5.74) is 3.73. The highest BCUT2D eigenvalue weighted by atomic mass is 16.5. The molecule has 112 valence electrons. The van der Waals surface area contributed by atoms with Crippen LogP contribution < -0.4 is 20.1 Å². The third kappa shape index (κ3) is 2.52. The highest BCUT2D eigenvalue weighted by molar-refractivity contribution is 5.74. The van der Waals surface area contributed by atoms with Crippen molar-refractivity contribution in [3.8, 4) is 11.5 Å². The van der Waals surface area contributed by atoms with E-state index in [1.165, 1.54) is 16.7 Å². The zero-order chi connectivity index (χ0) is 14.2. The number of ether oxygens (including phenoxy) is 2. The third-order valence-electron chi connectivity index (χ3n) is 4.33. The van der Waals surface area contributed by atoms with E-state index in [4.69, 9.17) is 9.47 Å². The topological polar surface area (TPSA) is 59.6 Å². The summed E-state index contributed by atoms with van der Waals surface area (Å²) in [7, 11) is 0. The summed E-state index contributed by atoms with van der Waals surface area (Å²) in [6.07, 6.45) is 4.91. The summed E-state index contributed by atoms with van der Waals surface area (Å²) in [4.78, 5) is 11.7. The summed E-state index contributed by atoms with van der Waals surface area (Å²) in [5, 5.41) is 5.88. The predicted molar refractivity (Wildman–Crippen MR) is 78.1 cm³/mol. The molecule has 0 atom stereocenters. The van der Waals surface area contributed by atoms with E-state index >= 15 is 0 Å². The van der Waals surface area contributed by atoms with Gasteiger partial charge < -0.3 is 20.1 Å². The Bertz CT molecular complexity index is 549. The molecule has 0 saturated heterocycles. The minimum Gasteiger partial charge on any atom is -0.493 e.